The number of piperazine rings is 1. The van der Waals surface area contributed by atoms with Crippen LogP contribution in [-0.2, 0) is 9.53 Å². The predicted octanol–water partition coefficient (Wildman–Crippen LogP) is 1.40. The van der Waals surface area contributed by atoms with Crippen molar-refractivity contribution < 1.29 is 14.3 Å². The van der Waals surface area contributed by atoms with E-state index in [1.807, 2.05) is 19.1 Å². The van der Waals surface area contributed by atoms with E-state index in [1.54, 1.807) is 6.20 Å². The minimum Gasteiger partial charge on any atom is -0.372 e. The maximum atomic E-state index is 11.6. The Hall–Kier alpha value is -1.79. The predicted molar refractivity (Wildman–Crippen MR) is 89.0 cm³/mol. The largest absolute Gasteiger partial charge is 0.372 e. The number of hydrogen-bond acceptors (Lipinski definition) is 6. The molecule has 0 unspecified atom stereocenters. The minimum absolute atomic E-state index is 0.0610. The SMILES string of the molecule is CCC(=O)c1ccc(N2CCN(CCOCC(C)=O)CC2)nc1. The summed E-state index contributed by atoms with van der Waals surface area (Å²) < 4.78 is 5.31. The van der Waals surface area contributed by atoms with E-state index in [0.717, 1.165) is 38.5 Å². The Morgan fingerprint density at radius 3 is 2.52 bits per heavy atom. The van der Waals surface area contributed by atoms with Crippen molar-refractivity contribution in [3.8, 4) is 0 Å². The van der Waals surface area contributed by atoms with E-state index in [0.29, 0.717) is 18.6 Å². The zero-order chi connectivity index (χ0) is 16.7. The summed E-state index contributed by atoms with van der Waals surface area (Å²) in [5.74, 6) is 1.11. The highest BCUT2D eigenvalue weighted by molar-refractivity contribution is 5.95. The lowest BCUT2D eigenvalue weighted by molar-refractivity contribution is -0.121. The highest BCUT2D eigenvalue weighted by Crippen LogP contribution is 2.14. The van der Waals surface area contributed by atoms with Crippen LogP contribution in [0.2, 0.25) is 0 Å². The van der Waals surface area contributed by atoms with Crippen LogP contribution in [-0.4, -0.2) is 67.4 Å². The zero-order valence-electron chi connectivity index (χ0n) is 14.0. The summed E-state index contributed by atoms with van der Waals surface area (Å²) in [6.07, 6.45) is 2.18. The average molecular weight is 319 g/mol. The van der Waals surface area contributed by atoms with E-state index in [2.05, 4.69) is 14.8 Å². The van der Waals surface area contributed by atoms with Gasteiger partial charge >= 0.3 is 0 Å². The van der Waals surface area contributed by atoms with Gasteiger partial charge in [0.2, 0.25) is 0 Å². The Bertz CT molecular complexity index is 522. The Labute approximate surface area is 137 Å². The first-order valence-electron chi connectivity index (χ1n) is 8.14. The monoisotopic (exact) mass is 319 g/mol. The van der Waals surface area contributed by atoms with Gasteiger partial charge in [-0.3, -0.25) is 14.5 Å². The molecule has 6 nitrogen and oxygen atoms in total. The van der Waals surface area contributed by atoms with Crippen LogP contribution in [0.3, 0.4) is 0 Å². The molecule has 0 aromatic carbocycles. The number of ketones is 2. The molecule has 0 saturated carbocycles. The summed E-state index contributed by atoms with van der Waals surface area (Å²) >= 11 is 0. The molecule has 0 bridgehead atoms. The number of anilines is 1. The maximum absolute atomic E-state index is 11.6. The van der Waals surface area contributed by atoms with E-state index < -0.39 is 0 Å². The third kappa shape index (κ3) is 5.41. The van der Waals surface area contributed by atoms with Gasteiger partial charge in [0.05, 0.1) is 6.61 Å². The molecule has 23 heavy (non-hydrogen) atoms. The molecule has 1 aliphatic rings. The van der Waals surface area contributed by atoms with Crippen molar-refractivity contribution in [2.75, 3.05) is 50.8 Å². The first-order chi connectivity index (χ1) is 11.1. The lowest BCUT2D eigenvalue weighted by Gasteiger charge is -2.35. The van der Waals surface area contributed by atoms with Crippen molar-refractivity contribution in [3.05, 3.63) is 23.9 Å². The lowest BCUT2D eigenvalue weighted by Crippen LogP contribution is -2.47. The van der Waals surface area contributed by atoms with Crippen LogP contribution in [0, 0.1) is 0 Å². The second kappa shape index (κ2) is 8.74. The Kier molecular flexibility index (Phi) is 6.67. The van der Waals surface area contributed by atoms with Gasteiger partial charge in [-0.15, -0.1) is 0 Å². The van der Waals surface area contributed by atoms with Gasteiger partial charge in [0.25, 0.3) is 0 Å². The van der Waals surface area contributed by atoms with Gasteiger partial charge in [0, 0.05) is 50.9 Å². The molecule has 2 rings (SSSR count). The van der Waals surface area contributed by atoms with Crippen LogP contribution in [0.4, 0.5) is 5.82 Å². The van der Waals surface area contributed by atoms with Crippen LogP contribution in [0.1, 0.15) is 30.6 Å². The summed E-state index contributed by atoms with van der Waals surface area (Å²) in [5, 5.41) is 0. The highest BCUT2D eigenvalue weighted by Gasteiger charge is 2.18. The minimum atomic E-state index is 0.0610. The molecular formula is C17H25N3O3. The Morgan fingerprint density at radius 1 is 1.22 bits per heavy atom. The third-order valence-corrected chi connectivity index (χ3v) is 3.94. The first kappa shape index (κ1) is 17.6. The van der Waals surface area contributed by atoms with Crippen LogP contribution < -0.4 is 4.90 Å². The molecule has 6 heteroatoms. The van der Waals surface area contributed by atoms with Crippen molar-refractivity contribution in [1.29, 1.82) is 0 Å². The molecule has 1 aliphatic heterocycles. The van der Waals surface area contributed by atoms with E-state index >= 15 is 0 Å². The van der Waals surface area contributed by atoms with E-state index in [-0.39, 0.29) is 18.2 Å². The van der Waals surface area contributed by atoms with E-state index in [4.69, 9.17) is 4.74 Å². The number of rotatable bonds is 8. The fourth-order valence-corrected chi connectivity index (χ4v) is 2.55. The van der Waals surface area contributed by atoms with Crippen molar-refractivity contribution in [2.45, 2.75) is 20.3 Å². The molecule has 0 amide bonds. The summed E-state index contributed by atoms with van der Waals surface area (Å²) in [4.78, 5) is 31.4. The fraction of sp³-hybridized carbons (Fsp3) is 0.588. The number of carbonyl (C=O) groups is 2. The number of hydrogen-bond donors (Lipinski definition) is 0. The summed E-state index contributed by atoms with van der Waals surface area (Å²) in [6.45, 7) is 8.72. The second-order valence-electron chi connectivity index (χ2n) is 5.77. The van der Waals surface area contributed by atoms with E-state index in [1.165, 1.54) is 6.92 Å². The lowest BCUT2D eigenvalue weighted by atomic mass is 10.1. The third-order valence-electron chi connectivity index (χ3n) is 3.94. The first-order valence-corrected chi connectivity index (χ1v) is 8.14. The summed E-state index contributed by atoms with van der Waals surface area (Å²) in [7, 11) is 0. The van der Waals surface area contributed by atoms with Gasteiger partial charge in [-0.25, -0.2) is 4.98 Å². The van der Waals surface area contributed by atoms with Gasteiger partial charge in [-0.05, 0) is 19.1 Å². The number of ether oxygens (including phenoxy) is 1. The Balaban J connectivity index is 1.75. The Morgan fingerprint density at radius 2 is 1.96 bits per heavy atom. The average Bonchev–Trinajstić information content (AvgIpc) is 2.58. The van der Waals surface area contributed by atoms with Gasteiger partial charge in [0.1, 0.15) is 12.4 Å². The van der Waals surface area contributed by atoms with Crippen molar-refractivity contribution in [2.24, 2.45) is 0 Å². The smallest absolute Gasteiger partial charge is 0.164 e. The molecule has 0 atom stereocenters. The molecule has 0 radical (unpaired) electrons. The van der Waals surface area contributed by atoms with Gasteiger partial charge in [-0.1, -0.05) is 6.92 Å². The number of aromatic nitrogens is 1. The summed E-state index contributed by atoms with van der Waals surface area (Å²) in [5.41, 5.74) is 0.678. The van der Waals surface area contributed by atoms with Gasteiger partial charge in [0.15, 0.2) is 11.6 Å². The molecule has 2 heterocycles. The number of pyridine rings is 1. The fourth-order valence-electron chi connectivity index (χ4n) is 2.55. The molecule has 0 aliphatic carbocycles. The van der Waals surface area contributed by atoms with Crippen LogP contribution >= 0.6 is 0 Å². The zero-order valence-corrected chi connectivity index (χ0v) is 14.0. The van der Waals surface area contributed by atoms with Crippen LogP contribution in [0.5, 0.6) is 0 Å². The van der Waals surface area contributed by atoms with Crippen molar-refractivity contribution in [3.63, 3.8) is 0 Å². The van der Waals surface area contributed by atoms with Crippen LogP contribution in [0.25, 0.3) is 0 Å². The number of Topliss-reactive ketones (excluding diaryl/α,β-unsaturated/α-hetero) is 2. The van der Waals surface area contributed by atoms with Crippen molar-refractivity contribution in [1.82, 2.24) is 9.88 Å². The standard InChI is InChI=1S/C17H25N3O3/c1-3-16(22)15-4-5-17(18-12-15)20-8-6-19(7-9-20)10-11-23-13-14(2)21/h4-5,12H,3,6-11,13H2,1-2H3. The maximum Gasteiger partial charge on any atom is 0.164 e. The van der Waals surface area contributed by atoms with E-state index in [9.17, 15) is 9.59 Å². The number of nitrogens with zero attached hydrogens (tertiary/aromatic N) is 3. The number of carbonyl (C=O) groups excluding carboxylic acids is 2. The molecule has 126 valence electrons. The molecular weight excluding hydrogens is 294 g/mol. The van der Waals surface area contributed by atoms with Crippen LogP contribution in [0.15, 0.2) is 18.3 Å². The normalized spacial score (nSPS) is 15.7. The molecule has 1 saturated heterocycles. The molecule has 1 fully saturated rings. The van der Waals surface area contributed by atoms with Gasteiger partial charge < -0.3 is 9.64 Å². The van der Waals surface area contributed by atoms with Gasteiger partial charge in [-0.2, -0.15) is 0 Å². The summed E-state index contributed by atoms with van der Waals surface area (Å²) in [6, 6.07) is 3.78. The second-order valence-corrected chi connectivity index (χ2v) is 5.77. The van der Waals surface area contributed by atoms with Crippen molar-refractivity contribution >= 4 is 17.4 Å². The molecule has 0 N–H and O–H groups in total. The molecule has 1 aromatic heterocycles. The topological polar surface area (TPSA) is 62.7 Å². The molecule has 0 spiro atoms. The molecule has 1 aromatic rings. The highest BCUT2D eigenvalue weighted by atomic mass is 16.5. The quantitative estimate of drug-likeness (QED) is 0.533.